The number of methoxy groups -OCH3 is 1. The van der Waals surface area contributed by atoms with Crippen molar-refractivity contribution in [3.05, 3.63) is 33.8 Å². The number of rotatable bonds is 9. The van der Waals surface area contributed by atoms with E-state index in [1.54, 1.807) is 7.11 Å². The van der Waals surface area contributed by atoms with Crippen molar-refractivity contribution in [2.75, 3.05) is 20.3 Å². The monoisotopic (exact) mass is 363 g/mol. The van der Waals surface area contributed by atoms with Gasteiger partial charge in [0, 0.05) is 25.3 Å². The van der Waals surface area contributed by atoms with Gasteiger partial charge in [0.15, 0.2) is 0 Å². The zero-order valence-electron chi connectivity index (χ0n) is 12.9. The molecule has 0 aromatic heterocycles. The van der Waals surface area contributed by atoms with E-state index in [1.165, 1.54) is 12.1 Å². The van der Waals surface area contributed by atoms with Gasteiger partial charge < -0.3 is 10.1 Å². The van der Waals surface area contributed by atoms with Crippen LogP contribution in [0.5, 0.6) is 0 Å². The Morgan fingerprint density at radius 2 is 2.05 bits per heavy atom. The van der Waals surface area contributed by atoms with Gasteiger partial charge in [0.05, 0.1) is 4.47 Å². The van der Waals surface area contributed by atoms with E-state index in [0.29, 0.717) is 23.4 Å². The summed E-state index contributed by atoms with van der Waals surface area (Å²) >= 11 is 3.12. The highest BCUT2D eigenvalue weighted by molar-refractivity contribution is 9.10. The number of hydrogen-bond acceptors (Lipinski definition) is 2. The molecule has 1 aromatic carbocycles. The second-order valence-corrected chi connectivity index (χ2v) is 6.33. The first-order valence-corrected chi connectivity index (χ1v) is 8.13. The Morgan fingerprint density at radius 3 is 2.67 bits per heavy atom. The Kier molecular flexibility index (Phi) is 8.37. The maximum Gasteiger partial charge on any atom is 0.143 e. The molecular formula is C16H24BrF2NO. The van der Waals surface area contributed by atoms with E-state index in [4.69, 9.17) is 4.74 Å². The first kappa shape index (κ1) is 18.5. The topological polar surface area (TPSA) is 21.3 Å². The zero-order valence-corrected chi connectivity index (χ0v) is 14.5. The van der Waals surface area contributed by atoms with Gasteiger partial charge in [0.2, 0.25) is 0 Å². The van der Waals surface area contributed by atoms with Crippen LogP contribution in [0.2, 0.25) is 0 Å². The number of ether oxygens (including phenoxy) is 1. The van der Waals surface area contributed by atoms with Crippen LogP contribution in [0.3, 0.4) is 0 Å². The number of hydrogen-bond donors (Lipinski definition) is 1. The average molecular weight is 364 g/mol. The molecule has 2 atom stereocenters. The van der Waals surface area contributed by atoms with Crippen LogP contribution in [0.1, 0.15) is 32.3 Å². The molecule has 0 radical (unpaired) electrons. The molecule has 0 bridgehead atoms. The summed E-state index contributed by atoms with van der Waals surface area (Å²) in [5.74, 6) is -0.654. The highest BCUT2D eigenvalue weighted by Gasteiger charge is 2.19. The first-order valence-electron chi connectivity index (χ1n) is 7.34. The Bertz CT molecular complexity index is 443. The van der Waals surface area contributed by atoms with E-state index in [0.717, 1.165) is 19.4 Å². The van der Waals surface area contributed by atoms with Crippen molar-refractivity contribution in [1.82, 2.24) is 5.32 Å². The van der Waals surface area contributed by atoms with Crippen molar-refractivity contribution in [2.45, 2.75) is 39.2 Å². The van der Waals surface area contributed by atoms with Crippen molar-refractivity contribution in [1.29, 1.82) is 0 Å². The van der Waals surface area contributed by atoms with Crippen LogP contribution in [0.25, 0.3) is 0 Å². The van der Waals surface area contributed by atoms with E-state index in [9.17, 15) is 8.78 Å². The van der Waals surface area contributed by atoms with E-state index >= 15 is 0 Å². The molecule has 0 saturated carbocycles. The van der Waals surface area contributed by atoms with Gasteiger partial charge in [-0.05, 0) is 59.8 Å². The number of benzene rings is 1. The molecule has 1 N–H and O–H groups in total. The molecule has 1 rings (SSSR count). The van der Waals surface area contributed by atoms with Gasteiger partial charge >= 0.3 is 0 Å². The summed E-state index contributed by atoms with van der Waals surface area (Å²) in [7, 11) is 1.67. The SMILES string of the molecule is CCCNC(Cc1c(F)ccc(Br)c1F)CC(C)COC. The molecule has 0 aliphatic carbocycles. The molecule has 2 nitrogen and oxygen atoms in total. The minimum absolute atomic E-state index is 0.0356. The summed E-state index contributed by atoms with van der Waals surface area (Å²) in [6, 6.07) is 2.74. The van der Waals surface area contributed by atoms with Crippen molar-refractivity contribution in [2.24, 2.45) is 5.92 Å². The maximum absolute atomic E-state index is 14.1. The van der Waals surface area contributed by atoms with E-state index in [-0.39, 0.29) is 11.6 Å². The van der Waals surface area contributed by atoms with Crippen LogP contribution in [-0.4, -0.2) is 26.3 Å². The van der Waals surface area contributed by atoms with Crippen molar-refractivity contribution < 1.29 is 13.5 Å². The van der Waals surface area contributed by atoms with Crippen LogP contribution in [-0.2, 0) is 11.2 Å². The lowest BCUT2D eigenvalue weighted by Gasteiger charge is -2.22. The third-order valence-corrected chi connectivity index (χ3v) is 4.02. The molecule has 120 valence electrons. The van der Waals surface area contributed by atoms with Gasteiger partial charge in [-0.2, -0.15) is 0 Å². The van der Waals surface area contributed by atoms with E-state index in [1.807, 2.05) is 0 Å². The van der Waals surface area contributed by atoms with Gasteiger partial charge in [-0.3, -0.25) is 0 Å². The van der Waals surface area contributed by atoms with Gasteiger partial charge in [0.25, 0.3) is 0 Å². The largest absolute Gasteiger partial charge is 0.384 e. The third-order valence-electron chi connectivity index (χ3n) is 3.41. The zero-order chi connectivity index (χ0) is 15.8. The number of halogens is 3. The molecule has 0 heterocycles. The quantitative estimate of drug-likeness (QED) is 0.660. The van der Waals surface area contributed by atoms with Crippen LogP contribution in [0.4, 0.5) is 8.78 Å². The Morgan fingerprint density at radius 1 is 1.33 bits per heavy atom. The number of nitrogens with one attached hydrogen (secondary N) is 1. The molecule has 0 aliphatic rings. The minimum atomic E-state index is -0.502. The predicted octanol–water partition coefficient (Wildman–Crippen LogP) is 4.31. The van der Waals surface area contributed by atoms with Gasteiger partial charge in [0.1, 0.15) is 11.6 Å². The summed E-state index contributed by atoms with van der Waals surface area (Å²) in [5.41, 5.74) is 0.141. The molecule has 0 saturated heterocycles. The van der Waals surface area contributed by atoms with Crippen molar-refractivity contribution in [3.63, 3.8) is 0 Å². The second-order valence-electron chi connectivity index (χ2n) is 5.47. The highest BCUT2D eigenvalue weighted by atomic mass is 79.9. The summed E-state index contributed by atoms with van der Waals surface area (Å²) in [6.07, 6.45) is 2.14. The highest BCUT2D eigenvalue weighted by Crippen LogP contribution is 2.24. The summed E-state index contributed by atoms with van der Waals surface area (Å²) in [5, 5.41) is 3.38. The molecule has 2 unspecified atom stereocenters. The average Bonchev–Trinajstić information content (AvgIpc) is 2.45. The summed E-state index contributed by atoms with van der Waals surface area (Å²) in [4.78, 5) is 0. The smallest absolute Gasteiger partial charge is 0.143 e. The summed E-state index contributed by atoms with van der Waals surface area (Å²) < 4.78 is 33.4. The van der Waals surface area contributed by atoms with Crippen LogP contribution in [0.15, 0.2) is 16.6 Å². The van der Waals surface area contributed by atoms with Gasteiger partial charge in [-0.1, -0.05) is 13.8 Å². The molecule has 0 spiro atoms. The van der Waals surface area contributed by atoms with Crippen LogP contribution < -0.4 is 5.32 Å². The van der Waals surface area contributed by atoms with Gasteiger partial charge in [-0.15, -0.1) is 0 Å². The molecule has 0 amide bonds. The Balaban J connectivity index is 2.82. The summed E-state index contributed by atoms with van der Waals surface area (Å²) in [6.45, 7) is 5.63. The second kappa shape index (κ2) is 9.49. The predicted molar refractivity (Wildman–Crippen MR) is 85.5 cm³/mol. The fourth-order valence-electron chi connectivity index (χ4n) is 2.43. The first-order chi connectivity index (χ1) is 9.99. The molecular weight excluding hydrogens is 340 g/mol. The van der Waals surface area contributed by atoms with Crippen molar-refractivity contribution in [3.8, 4) is 0 Å². The van der Waals surface area contributed by atoms with E-state index in [2.05, 4.69) is 35.1 Å². The van der Waals surface area contributed by atoms with Crippen LogP contribution in [0, 0.1) is 17.6 Å². The molecule has 21 heavy (non-hydrogen) atoms. The normalized spacial score (nSPS) is 14.2. The lowest BCUT2D eigenvalue weighted by molar-refractivity contribution is 0.149. The van der Waals surface area contributed by atoms with E-state index < -0.39 is 11.6 Å². The fourth-order valence-corrected chi connectivity index (χ4v) is 2.80. The standard InChI is InChI=1S/C16H24BrF2NO/c1-4-7-20-12(8-11(2)10-21-3)9-13-15(18)6-5-14(17)16(13)19/h5-6,11-12,20H,4,7-10H2,1-3H3. The van der Waals surface area contributed by atoms with Gasteiger partial charge in [-0.25, -0.2) is 8.78 Å². The molecule has 0 fully saturated rings. The minimum Gasteiger partial charge on any atom is -0.384 e. The van der Waals surface area contributed by atoms with Crippen molar-refractivity contribution >= 4 is 15.9 Å². The third kappa shape index (κ3) is 6.01. The fraction of sp³-hybridized carbons (Fsp3) is 0.625. The molecule has 5 heteroatoms. The maximum atomic E-state index is 14.1. The Labute approximate surface area is 134 Å². The molecule has 0 aliphatic heterocycles. The lowest BCUT2D eigenvalue weighted by Crippen LogP contribution is -2.34. The molecule has 1 aromatic rings. The van der Waals surface area contributed by atoms with Crippen LogP contribution >= 0.6 is 15.9 Å². The lowest BCUT2D eigenvalue weighted by atomic mass is 9.96. The Hall–Kier alpha value is -0.520.